The maximum atomic E-state index is 12.8. The van der Waals surface area contributed by atoms with Gasteiger partial charge in [0.05, 0.1) is 11.3 Å². The number of hydrogen-bond donors (Lipinski definition) is 2. The number of benzene rings is 1. The molecule has 2 rings (SSSR count). The lowest BCUT2D eigenvalue weighted by Crippen LogP contribution is -2.24. The van der Waals surface area contributed by atoms with Crippen molar-refractivity contribution in [3.63, 3.8) is 0 Å². The van der Waals surface area contributed by atoms with Gasteiger partial charge in [-0.15, -0.1) is 0 Å². The Morgan fingerprint density at radius 3 is 2.50 bits per heavy atom. The molecule has 0 aromatic heterocycles. The lowest BCUT2D eigenvalue weighted by atomic mass is 10.1. The third kappa shape index (κ3) is 1.41. The summed E-state index contributed by atoms with van der Waals surface area (Å²) in [4.78, 5) is 11.3. The molecule has 1 amide bonds. The first-order valence-corrected chi connectivity index (χ1v) is 4.19. The molecule has 0 aliphatic carbocycles. The largest absolute Gasteiger partial charge is 0.383 e. The highest BCUT2D eigenvalue weighted by molar-refractivity contribution is 6.00. The van der Waals surface area contributed by atoms with Crippen molar-refractivity contribution in [2.24, 2.45) is 0 Å². The predicted molar refractivity (Wildman–Crippen MR) is 47.2 cm³/mol. The van der Waals surface area contributed by atoms with E-state index in [1.54, 1.807) is 0 Å². The van der Waals surface area contributed by atoms with Crippen LogP contribution >= 0.6 is 0 Å². The van der Waals surface area contributed by atoms with Gasteiger partial charge in [0.2, 0.25) is 0 Å². The second kappa shape index (κ2) is 3.25. The summed E-state index contributed by atoms with van der Waals surface area (Å²) in [5.41, 5.74) is 0.473. The van der Waals surface area contributed by atoms with Gasteiger partial charge in [0.1, 0.15) is 0 Å². The first-order chi connectivity index (χ1) is 6.68. The minimum Gasteiger partial charge on any atom is -0.383 e. The zero-order chi connectivity index (χ0) is 10.1. The van der Waals surface area contributed by atoms with E-state index in [2.05, 4.69) is 10.6 Å². The number of halogens is 2. The van der Waals surface area contributed by atoms with Gasteiger partial charge in [0.25, 0.3) is 5.91 Å². The van der Waals surface area contributed by atoms with E-state index >= 15 is 0 Å². The maximum Gasteiger partial charge on any atom is 0.253 e. The Kier molecular flexibility index (Phi) is 2.07. The average Bonchev–Trinajstić information content (AvgIpc) is 2.31. The SMILES string of the molecule is O=C1NCCNc2cc(F)c(F)cc21. The van der Waals surface area contributed by atoms with Crippen LogP contribution in [0.1, 0.15) is 10.4 Å². The number of anilines is 1. The van der Waals surface area contributed by atoms with E-state index in [-0.39, 0.29) is 11.5 Å². The average molecular weight is 198 g/mol. The molecule has 1 aromatic carbocycles. The lowest BCUT2D eigenvalue weighted by Gasteiger charge is -2.05. The minimum absolute atomic E-state index is 0.140. The molecule has 1 aliphatic rings. The molecule has 14 heavy (non-hydrogen) atoms. The summed E-state index contributed by atoms with van der Waals surface area (Å²) >= 11 is 0. The molecule has 0 spiro atoms. The number of hydrogen-bond acceptors (Lipinski definition) is 2. The van der Waals surface area contributed by atoms with E-state index < -0.39 is 11.6 Å². The molecule has 0 saturated heterocycles. The van der Waals surface area contributed by atoms with Crippen molar-refractivity contribution in [2.45, 2.75) is 0 Å². The maximum absolute atomic E-state index is 12.8. The first kappa shape index (κ1) is 8.93. The molecule has 0 fully saturated rings. The van der Waals surface area contributed by atoms with Crippen LogP contribution in [0.3, 0.4) is 0 Å². The van der Waals surface area contributed by atoms with Crippen LogP contribution in [0.2, 0.25) is 0 Å². The van der Waals surface area contributed by atoms with Crippen LogP contribution in [0.25, 0.3) is 0 Å². The van der Waals surface area contributed by atoms with Gasteiger partial charge in [-0.25, -0.2) is 8.78 Å². The summed E-state index contributed by atoms with van der Waals surface area (Å²) in [6.45, 7) is 0.945. The van der Waals surface area contributed by atoms with E-state index in [1.165, 1.54) is 0 Å². The Labute approximate surface area is 79.1 Å². The van der Waals surface area contributed by atoms with Crippen LogP contribution in [-0.2, 0) is 0 Å². The molecule has 1 heterocycles. The van der Waals surface area contributed by atoms with Crippen molar-refractivity contribution in [2.75, 3.05) is 18.4 Å². The first-order valence-electron chi connectivity index (χ1n) is 4.19. The van der Waals surface area contributed by atoms with Gasteiger partial charge in [0.15, 0.2) is 11.6 Å². The Morgan fingerprint density at radius 1 is 1.07 bits per heavy atom. The summed E-state index contributed by atoms with van der Waals surface area (Å²) in [5, 5.41) is 5.39. The van der Waals surface area contributed by atoms with Gasteiger partial charge < -0.3 is 10.6 Å². The van der Waals surface area contributed by atoms with E-state index in [0.29, 0.717) is 18.8 Å². The van der Waals surface area contributed by atoms with Crippen LogP contribution in [0, 0.1) is 11.6 Å². The molecular weight excluding hydrogens is 190 g/mol. The van der Waals surface area contributed by atoms with Crippen molar-refractivity contribution < 1.29 is 13.6 Å². The van der Waals surface area contributed by atoms with Crippen molar-refractivity contribution in [3.05, 3.63) is 29.3 Å². The summed E-state index contributed by atoms with van der Waals surface area (Å²) in [6, 6.07) is 1.90. The summed E-state index contributed by atoms with van der Waals surface area (Å²) in [7, 11) is 0. The number of carbonyl (C=O) groups is 1. The van der Waals surface area contributed by atoms with Gasteiger partial charge in [-0.3, -0.25) is 4.79 Å². The summed E-state index contributed by atoms with van der Waals surface area (Å²) < 4.78 is 25.6. The lowest BCUT2D eigenvalue weighted by molar-refractivity contribution is 0.0957. The standard InChI is InChI=1S/C9H8F2N2O/c10-6-3-5-8(4-7(6)11)12-1-2-13-9(5)14/h3-4,12H,1-2H2,(H,13,14). The number of fused-ring (bicyclic) bond motifs is 1. The fraction of sp³-hybridized carbons (Fsp3) is 0.222. The van der Waals surface area contributed by atoms with Gasteiger partial charge >= 0.3 is 0 Å². The van der Waals surface area contributed by atoms with Gasteiger partial charge in [-0.05, 0) is 6.07 Å². The molecule has 2 N–H and O–H groups in total. The summed E-state index contributed by atoms with van der Waals surface area (Å²) in [5.74, 6) is -2.35. The number of nitrogens with one attached hydrogen (secondary N) is 2. The van der Waals surface area contributed by atoms with Gasteiger partial charge in [0, 0.05) is 19.2 Å². The minimum atomic E-state index is -1.01. The molecule has 1 aromatic rings. The highest BCUT2D eigenvalue weighted by Gasteiger charge is 2.17. The van der Waals surface area contributed by atoms with Gasteiger partial charge in [-0.1, -0.05) is 0 Å². The molecule has 0 bridgehead atoms. The Morgan fingerprint density at radius 2 is 1.71 bits per heavy atom. The van der Waals surface area contributed by atoms with Crippen LogP contribution in [0.4, 0.5) is 14.5 Å². The molecule has 5 heteroatoms. The molecule has 1 aliphatic heterocycles. The number of rotatable bonds is 0. The zero-order valence-corrected chi connectivity index (χ0v) is 7.23. The monoisotopic (exact) mass is 198 g/mol. The molecule has 0 radical (unpaired) electrons. The quantitative estimate of drug-likeness (QED) is 0.655. The fourth-order valence-electron chi connectivity index (χ4n) is 1.35. The smallest absolute Gasteiger partial charge is 0.253 e. The zero-order valence-electron chi connectivity index (χ0n) is 7.23. The Bertz CT molecular complexity index is 393. The second-order valence-electron chi connectivity index (χ2n) is 2.99. The van der Waals surface area contributed by atoms with E-state index in [1.807, 2.05) is 0 Å². The molecule has 0 atom stereocenters. The van der Waals surface area contributed by atoms with Crippen LogP contribution < -0.4 is 10.6 Å². The number of carbonyl (C=O) groups excluding carboxylic acids is 1. The van der Waals surface area contributed by atoms with Crippen LogP contribution in [-0.4, -0.2) is 19.0 Å². The normalized spacial score (nSPS) is 15.1. The molecular formula is C9H8F2N2O. The highest BCUT2D eigenvalue weighted by Crippen LogP contribution is 2.20. The molecule has 0 unspecified atom stereocenters. The second-order valence-corrected chi connectivity index (χ2v) is 2.99. The predicted octanol–water partition coefficient (Wildman–Crippen LogP) is 1.12. The van der Waals surface area contributed by atoms with E-state index in [0.717, 1.165) is 12.1 Å². The third-order valence-electron chi connectivity index (χ3n) is 2.03. The third-order valence-corrected chi connectivity index (χ3v) is 2.03. The highest BCUT2D eigenvalue weighted by atomic mass is 19.2. The van der Waals surface area contributed by atoms with Crippen molar-refractivity contribution >= 4 is 11.6 Å². The molecule has 0 saturated carbocycles. The topological polar surface area (TPSA) is 41.1 Å². The Balaban J connectivity index is 2.54. The van der Waals surface area contributed by atoms with E-state index in [4.69, 9.17) is 0 Å². The van der Waals surface area contributed by atoms with E-state index in [9.17, 15) is 13.6 Å². The molecule has 3 nitrogen and oxygen atoms in total. The van der Waals surface area contributed by atoms with Crippen LogP contribution in [0.5, 0.6) is 0 Å². The van der Waals surface area contributed by atoms with Crippen LogP contribution in [0.15, 0.2) is 12.1 Å². The number of amides is 1. The van der Waals surface area contributed by atoms with Crippen molar-refractivity contribution in [1.29, 1.82) is 0 Å². The molecule has 74 valence electrons. The summed E-state index contributed by atoms with van der Waals surface area (Å²) in [6.07, 6.45) is 0. The Hall–Kier alpha value is -1.65. The van der Waals surface area contributed by atoms with Gasteiger partial charge in [-0.2, -0.15) is 0 Å². The fourth-order valence-corrected chi connectivity index (χ4v) is 1.35. The van der Waals surface area contributed by atoms with Crippen molar-refractivity contribution in [1.82, 2.24) is 5.32 Å². The van der Waals surface area contributed by atoms with Crippen molar-refractivity contribution in [3.8, 4) is 0 Å².